The van der Waals surface area contributed by atoms with E-state index in [4.69, 9.17) is 15.2 Å². The second-order valence-electron chi connectivity index (χ2n) is 6.49. The average Bonchev–Trinajstić information content (AvgIpc) is 2.72. The Morgan fingerprint density at radius 1 is 1.50 bits per heavy atom. The molecule has 0 fully saturated rings. The van der Waals surface area contributed by atoms with Crippen LogP contribution in [-0.2, 0) is 5.41 Å². The number of hydrogen-bond donors (Lipinski definition) is 2. The van der Waals surface area contributed by atoms with E-state index >= 15 is 0 Å². The molecule has 118 valence electrons. The van der Waals surface area contributed by atoms with Gasteiger partial charge in [-0.25, -0.2) is 0 Å². The molecule has 0 aromatic heterocycles. The average molecular weight is 366 g/mol. The van der Waals surface area contributed by atoms with E-state index < -0.39 is 6.10 Å². The molecule has 1 aliphatic heterocycles. The Labute approximate surface area is 138 Å². The molecule has 4 rings (SSSR count). The van der Waals surface area contributed by atoms with Gasteiger partial charge in [-0.3, -0.25) is 0 Å². The summed E-state index contributed by atoms with van der Waals surface area (Å²) in [5.74, 6) is 1.54. The molecule has 0 bridgehead atoms. The second-order valence-corrected chi connectivity index (χ2v) is 7.34. The number of aliphatic hydroxyl groups is 1. The van der Waals surface area contributed by atoms with Crippen LogP contribution in [0.4, 0.5) is 0 Å². The lowest BCUT2D eigenvalue weighted by Crippen LogP contribution is -2.41. The number of methoxy groups -OCH3 is 1. The van der Waals surface area contributed by atoms with Gasteiger partial charge in [-0.05, 0) is 24.5 Å². The largest absolute Gasteiger partial charge is 0.493 e. The third-order valence-corrected chi connectivity index (χ3v) is 5.96. The van der Waals surface area contributed by atoms with E-state index in [-0.39, 0.29) is 17.6 Å². The highest BCUT2D eigenvalue weighted by Crippen LogP contribution is 2.59. The minimum atomic E-state index is -0.445. The summed E-state index contributed by atoms with van der Waals surface area (Å²) >= 11 is 3.67. The van der Waals surface area contributed by atoms with Crippen LogP contribution in [0.2, 0.25) is 0 Å². The number of nitrogens with two attached hydrogens (primary N) is 1. The maximum Gasteiger partial charge on any atom is 0.166 e. The van der Waals surface area contributed by atoms with Gasteiger partial charge in [-0.1, -0.05) is 34.5 Å². The van der Waals surface area contributed by atoms with Crippen molar-refractivity contribution in [3.63, 3.8) is 0 Å². The molecule has 3 N–H and O–H groups in total. The van der Waals surface area contributed by atoms with Crippen LogP contribution in [0.1, 0.15) is 42.9 Å². The Hall–Kier alpha value is -1.04. The smallest absolute Gasteiger partial charge is 0.166 e. The molecule has 4 nitrogen and oxygen atoms in total. The predicted molar refractivity (Wildman–Crippen MR) is 87.3 cm³/mol. The molecule has 0 unspecified atom stereocenters. The highest BCUT2D eigenvalue weighted by Gasteiger charge is 2.53. The van der Waals surface area contributed by atoms with Crippen molar-refractivity contribution in [3.05, 3.63) is 33.8 Å². The van der Waals surface area contributed by atoms with E-state index in [9.17, 15) is 5.11 Å². The molecule has 3 aliphatic rings. The minimum absolute atomic E-state index is 0.00370. The molecule has 1 aromatic rings. The molecule has 0 radical (unpaired) electrons. The van der Waals surface area contributed by atoms with Crippen LogP contribution in [0.5, 0.6) is 11.5 Å². The maximum atomic E-state index is 10.0. The first kappa shape index (κ1) is 14.5. The van der Waals surface area contributed by atoms with Gasteiger partial charge in [0.05, 0.1) is 18.6 Å². The fourth-order valence-electron chi connectivity index (χ4n) is 4.28. The number of benzene rings is 1. The Morgan fingerprint density at radius 2 is 2.32 bits per heavy atom. The van der Waals surface area contributed by atoms with Gasteiger partial charge in [-0.2, -0.15) is 0 Å². The van der Waals surface area contributed by atoms with Gasteiger partial charge in [-0.15, -0.1) is 0 Å². The number of hydrogen-bond acceptors (Lipinski definition) is 4. The van der Waals surface area contributed by atoms with Crippen molar-refractivity contribution in [2.24, 2.45) is 5.73 Å². The van der Waals surface area contributed by atoms with Crippen molar-refractivity contribution in [3.8, 4) is 11.5 Å². The third kappa shape index (κ3) is 1.82. The summed E-state index contributed by atoms with van der Waals surface area (Å²) in [5.41, 5.74) is 8.56. The molecule has 0 saturated heterocycles. The van der Waals surface area contributed by atoms with Gasteiger partial charge in [0.1, 0.15) is 6.10 Å². The molecule has 1 spiro atoms. The zero-order valence-electron chi connectivity index (χ0n) is 12.5. The Morgan fingerprint density at radius 3 is 3.09 bits per heavy atom. The molecule has 5 heteroatoms. The van der Waals surface area contributed by atoms with Gasteiger partial charge < -0.3 is 20.3 Å². The van der Waals surface area contributed by atoms with Crippen molar-refractivity contribution < 1.29 is 14.6 Å². The Bertz CT molecular complexity index is 660. The van der Waals surface area contributed by atoms with Crippen molar-refractivity contribution in [1.82, 2.24) is 0 Å². The number of halogens is 1. The lowest BCUT2D eigenvalue weighted by atomic mass is 9.69. The molecular weight excluding hydrogens is 346 g/mol. The van der Waals surface area contributed by atoms with E-state index in [2.05, 4.69) is 22.0 Å². The van der Waals surface area contributed by atoms with E-state index in [1.807, 2.05) is 12.1 Å². The fraction of sp³-hybridized carbons (Fsp3) is 0.529. The quantitative estimate of drug-likeness (QED) is 0.750. The summed E-state index contributed by atoms with van der Waals surface area (Å²) in [7, 11) is 1.66. The van der Waals surface area contributed by atoms with Crippen LogP contribution >= 0.6 is 15.9 Å². The van der Waals surface area contributed by atoms with Gasteiger partial charge in [0, 0.05) is 22.5 Å². The lowest BCUT2D eigenvalue weighted by molar-refractivity contribution is 0.0841. The summed E-state index contributed by atoms with van der Waals surface area (Å²) in [6.07, 6.45) is 7.17. The van der Waals surface area contributed by atoms with Crippen molar-refractivity contribution in [2.75, 3.05) is 7.11 Å². The number of aliphatic hydroxyl groups excluding tert-OH is 1. The van der Waals surface area contributed by atoms with E-state index in [0.717, 1.165) is 46.4 Å². The maximum absolute atomic E-state index is 10.0. The number of ether oxygens (including phenoxy) is 2. The highest BCUT2D eigenvalue weighted by atomic mass is 79.9. The van der Waals surface area contributed by atoms with Crippen molar-refractivity contribution in [1.29, 1.82) is 0 Å². The van der Waals surface area contributed by atoms with E-state index in [0.29, 0.717) is 6.42 Å². The first-order valence-electron chi connectivity index (χ1n) is 7.77. The van der Waals surface area contributed by atoms with Crippen LogP contribution in [0, 0.1) is 0 Å². The summed E-state index contributed by atoms with van der Waals surface area (Å²) in [5, 5.41) is 10.0. The van der Waals surface area contributed by atoms with Crippen LogP contribution in [0.25, 0.3) is 0 Å². The first-order valence-corrected chi connectivity index (χ1v) is 8.56. The van der Waals surface area contributed by atoms with Crippen molar-refractivity contribution in [2.45, 2.75) is 49.3 Å². The van der Waals surface area contributed by atoms with Crippen LogP contribution in [-0.4, -0.2) is 24.4 Å². The molecule has 1 heterocycles. The Kier molecular flexibility index (Phi) is 3.29. The first-order chi connectivity index (χ1) is 10.6. The molecule has 1 aromatic carbocycles. The topological polar surface area (TPSA) is 64.7 Å². The van der Waals surface area contributed by atoms with Crippen LogP contribution in [0.15, 0.2) is 22.7 Å². The number of rotatable bonds is 1. The molecule has 2 aliphatic carbocycles. The monoisotopic (exact) mass is 365 g/mol. The summed E-state index contributed by atoms with van der Waals surface area (Å²) in [6.45, 7) is 0. The van der Waals surface area contributed by atoms with Crippen LogP contribution in [0.3, 0.4) is 0 Å². The van der Waals surface area contributed by atoms with Gasteiger partial charge >= 0.3 is 0 Å². The minimum Gasteiger partial charge on any atom is -0.493 e. The Balaban J connectivity index is 2.03. The summed E-state index contributed by atoms with van der Waals surface area (Å²) in [6, 6.07) is 1.95. The fourth-order valence-corrected chi connectivity index (χ4v) is 4.98. The zero-order chi connectivity index (χ0) is 15.5. The molecule has 0 amide bonds. The highest BCUT2D eigenvalue weighted by molar-refractivity contribution is 9.10. The van der Waals surface area contributed by atoms with Crippen molar-refractivity contribution >= 4 is 15.9 Å². The van der Waals surface area contributed by atoms with E-state index in [1.165, 1.54) is 0 Å². The van der Waals surface area contributed by atoms with Gasteiger partial charge in [0.25, 0.3) is 0 Å². The molecule has 22 heavy (non-hydrogen) atoms. The lowest BCUT2D eigenvalue weighted by Gasteiger charge is -2.35. The normalized spacial score (nSPS) is 35.4. The summed E-state index contributed by atoms with van der Waals surface area (Å²) in [4.78, 5) is 0. The predicted octanol–water partition coefficient (Wildman–Crippen LogP) is 2.96. The molecule has 4 atom stereocenters. The molecule has 0 saturated carbocycles. The van der Waals surface area contributed by atoms with E-state index in [1.54, 1.807) is 7.11 Å². The zero-order valence-corrected chi connectivity index (χ0v) is 14.1. The SMILES string of the molecule is COc1cc(Br)c2c3c1O[C@H]1C[C@@H](O)C=C[C@@]31CCC[C@@H]2N. The summed E-state index contributed by atoms with van der Waals surface area (Å²) < 4.78 is 12.8. The van der Waals surface area contributed by atoms with Gasteiger partial charge in [0.15, 0.2) is 11.5 Å². The standard InChI is InChI=1S/C17H20BrNO3/c1-21-12-8-10(18)14-11(19)3-2-5-17-6-4-9(20)7-13(17)22-16(12)15(14)17/h4,6,8-9,11,13,20H,2-3,5,7,19H2,1H3/t9-,11-,13-,17+/m0/s1. The van der Waals surface area contributed by atoms with Crippen LogP contribution < -0.4 is 15.2 Å². The van der Waals surface area contributed by atoms with Gasteiger partial charge in [0.2, 0.25) is 0 Å². The second kappa shape index (κ2) is 4.98. The molecular formula is C17H20BrNO3. The third-order valence-electron chi connectivity index (χ3n) is 5.30.